The van der Waals surface area contributed by atoms with Crippen molar-refractivity contribution in [2.45, 2.75) is 245 Å². The Bertz CT molecular complexity index is 1710. The van der Waals surface area contributed by atoms with E-state index in [2.05, 4.69) is 179 Å². The molecule has 0 aromatic rings. The summed E-state index contributed by atoms with van der Waals surface area (Å²) in [4.78, 5) is 38.0. The zero-order valence-electron chi connectivity index (χ0n) is 48.0. The van der Waals surface area contributed by atoms with Gasteiger partial charge < -0.3 is 14.2 Å². The predicted molar refractivity (Wildman–Crippen MR) is 325 cm³/mol. The molecule has 0 saturated carbocycles. The van der Waals surface area contributed by atoms with Crippen molar-refractivity contribution >= 4 is 17.9 Å². The quantitative estimate of drug-likeness (QED) is 0.0261. The zero-order chi connectivity index (χ0) is 54.3. The molecule has 0 aliphatic heterocycles. The van der Waals surface area contributed by atoms with E-state index in [1.165, 1.54) is 38.5 Å². The predicted octanol–water partition coefficient (Wildman–Crippen LogP) is 20.5. The molecule has 420 valence electrons. The molecule has 0 aliphatic carbocycles. The number of hydrogen-bond acceptors (Lipinski definition) is 6. The van der Waals surface area contributed by atoms with Gasteiger partial charge in [-0.2, -0.15) is 0 Å². The fraction of sp³-hybridized carbons (Fsp3) is 0.580. The SMILES string of the molecule is CC/C=C\C/C=C\C/C=C\C/C=C\C/C=C\C/C=C\C/C=C\C/C=C\CCCCCCCCC(=O)OCC(COC(=O)CCCCCCCCC)OC(=O)CCCCC/C=C\C/C=C\C/C=C\C/C=C\C/C=C\CC. The summed E-state index contributed by atoms with van der Waals surface area (Å²) < 4.78 is 16.7. The van der Waals surface area contributed by atoms with Crippen LogP contribution >= 0.6 is 0 Å². The van der Waals surface area contributed by atoms with Gasteiger partial charge >= 0.3 is 17.9 Å². The van der Waals surface area contributed by atoms with Crippen LogP contribution in [-0.4, -0.2) is 37.2 Å². The second-order valence-corrected chi connectivity index (χ2v) is 19.1. The lowest BCUT2D eigenvalue weighted by atomic mass is 10.1. The molecule has 0 N–H and O–H groups in total. The van der Waals surface area contributed by atoms with E-state index in [-0.39, 0.29) is 37.5 Å². The average molecular weight is 1030 g/mol. The highest BCUT2D eigenvalue weighted by atomic mass is 16.6. The van der Waals surface area contributed by atoms with E-state index in [1.54, 1.807) is 0 Å². The second-order valence-electron chi connectivity index (χ2n) is 19.1. The van der Waals surface area contributed by atoms with Crippen LogP contribution in [0.5, 0.6) is 0 Å². The molecule has 0 radical (unpaired) electrons. The van der Waals surface area contributed by atoms with Gasteiger partial charge in [0.1, 0.15) is 13.2 Å². The van der Waals surface area contributed by atoms with Gasteiger partial charge in [0.2, 0.25) is 0 Å². The van der Waals surface area contributed by atoms with E-state index in [0.717, 1.165) is 161 Å². The number of ether oxygens (including phenoxy) is 3. The maximum absolute atomic E-state index is 12.8. The molecular formula is C69H108O6. The van der Waals surface area contributed by atoms with Crippen LogP contribution in [0.15, 0.2) is 158 Å². The van der Waals surface area contributed by atoms with Crippen molar-refractivity contribution in [1.82, 2.24) is 0 Å². The van der Waals surface area contributed by atoms with Gasteiger partial charge in [0.15, 0.2) is 6.10 Å². The third-order valence-electron chi connectivity index (χ3n) is 12.0. The van der Waals surface area contributed by atoms with Crippen LogP contribution in [0.3, 0.4) is 0 Å². The van der Waals surface area contributed by atoms with E-state index >= 15 is 0 Å². The highest BCUT2D eigenvalue weighted by Gasteiger charge is 2.19. The standard InChI is InChI=1S/C69H108O6/c1-4-7-10-13-16-18-20-22-24-26-28-29-30-31-32-33-34-35-36-37-38-39-41-42-44-46-48-50-53-56-59-62-68(71)74-65-66(64-73-67(70)61-58-55-52-15-12-9-6-3)75-69(72)63-60-57-54-51-49-47-45-43-40-27-25-23-21-19-17-14-11-8-5-2/h7-8,10-11,16-19,22-25,28-29,31-32,34-35,37-38,40-43,47,49,66H,4-6,9,12-15,20-21,26-27,30,33,36,39,44-46,48,50-65H2,1-3H3/b10-7-,11-8-,18-16-,19-17-,24-22-,25-23-,29-28-,32-31-,35-34-,38-37-,42-41-,43-40-,49-47-. The first-order chi connectivity index (χ1) is 37.0. The van der Waals surface area contributed by atoms with Crippen LogP contribution in [0.4, 0.5) is 0 Å². The number of allylic oxidation sites excluding steroid dienone is 26. The summed E-state index contributed by atoms with van der Waals surface area (Å²) in [5.41, 5.74) is 0. The molecule has 0 rings (SSSR count). The van der Waals surface area contributed by atoms with Crippen LogP contribution in [0, 0.1) is 0 Å². The van der Waals surface area contributed by atoms with Gasteiger partial charge in [0.05, 0.1) is 0 Å². The lowest BCUT2D eigenvalue weighted by Crippen LogP contribution is -2.30. The molecule has 1 atom stereocenters. The van der Waals surface area contributed by atoms with Crippen molar-refractivity contribution in [3.8, 4) is 0 Å². The lowest BCUT2D eigenvalue weighted by Gasteiger charge is -2.18. The normalized spacial score (nSPS) is 13.3. The minimum atomic E-state index is -0.806. The van der Waals surface area contributed by atoms with Gasteiger partial charge in [0.25, 0.3) is 0 Å². The molecule has 75 heavy (non-hydrogen) atoms. The van der Waals surface area contributed by atoms with Crippen LogP contribution < -0.4 is 0 Å². The summed E-state index contributed by atoms with van der Waals surface area (Å²) in [7, 11) is 0. The van der Waals surface area contributed by atoms with Crippen LogP contribution in [0.2, 0.25) is 0 Å². The number of unbranched alkanes of at least 4 members (excludes halogenated alkanes) is 15. The van der Waals surface area contributed by atoms with Gasteiger partial charge in [0, 0.05) is 19.3 Å². The van der Waals surface area contributed by atoms with Crippen LogP contribution in [0.25, 0.3) is 0 Å². The third-order valence-corrected chi connectivity index (χ3v) is 12.0. The third kappa shape index (κ3) is 59.8. The molecule has 0 bridgehead atoms. The van der Waals surface area contributed by atoms with E-state index in [4.69, 9.17) is 14.2 Å². The largest absolute Gasteiger partial charge is 0.462 e. The van der Waals surface area contributed by atoms with Crippen LogP contribution in [0.1, 0.15) is 239 Å². The summed E-state index contributed by atoms with van der Waals surface area (Å²) in [6.45, 7) is 6.31. The zero-order valence-corrected chi connectivity index (χ0v) is 48.0. The minimum absolute atomic E-state index is 0.102. The number of carbonyl (C=O) groups excluding carboxylic acids is 3. The second kappa shape index (κ2) is 61.6. The first kappa shape index (κ1) is 70.0. The maximum atomic E-state index is 12.8. The average Bonchev–Trinajstić information content (AvgIpc) is 3.41. The molecule has 6 heteroatoms. The Morgan fingerprint density at radius 3 is 0.827 bits per heavy atom. The molecule has 0 spiro atoms. The molecule has 0 amide bonds. The van der Waals surface area contributed by atoms with Gasteiger partial charge in [-0.15, -0.1) is 0 Å². The lowest BCUT2D eigenvalue weighted by molar-refractivity contribution is -0.167. The van der Waals surface area contributed by atoms with E-state index in [0.29, 0.717) is 12.8 Å². The molecule has 0 heterocycles. The monoisotopic (exact) mass is 1030 g/mol. The van der Waals surface area contributed by atoms with E-state index < -0.39 is 6.10 Å². The van der Waals surface area contributed by atoms with Crippen LogP contribution in [-0.2, 0) is 28.6 Å². The summed E-state index contributed by atoms with van der Waals surface area (Å²) in [5, 5.41) is 0. The van der Waals surface area contributed by atoms with Crippen molar-refractivity contribution < 1.29 is 28.6 Å². The number of hydrogen-bond donors (Lipinski definition) is 0. The van der Waals surface area contributed by atoms with Gasteiger partial charge in [-0.05, 0) is 128 Å². The minimum Gasteiger partial charge on any atom is -0.462 e. The fourth-order valence-corrected chi connectivity index (χ4v) is 7.60. The van der Waals surface area contributed by atoms with E-state index in [1.807, 2.05) is 0 Å². The van der Waals surface area contributed by atoms with E-state index in [9.17, 15) is 14.4 Å². The topological polar surface area (TPSA) is 78.9 Å². The van der Waals surface area contributed by atoms with Crippen molar-refractivity contribution in [3.05, 3.63) is 158 Å². The Labute approximate surface area is 460 Å². The van der Waals surface area contributed by atoms with Crippen molar-refractivity contribution in [3.63, 3.8) is 0 Å². The Hall–Kier alpha value is -4.97. The fourth-order valence-electron chi connectivity index (χ4n) is 7.60. The molecule has 0 aliphatic rings. The highest BCUT2D eigenvalue weighted by Crippen LogP contribution is 2.13. The molecule has 0 fully saturated rings. The molecule has 6 nitrogen and oxygen atoms in total. The molecule has 1 unspecified atom stereocenters. The summed E-state index contributed by atoms with van der Waals surface area (Å²) in [5.74, 6) is -0.964. The maximum Gasteiger partial charge on any atom is 0.306 e. The van der Waals surface area contributed by atoms with Gasteiger partial charge in [-0.1, -0.05) is 249 Å². The Morgan fingerprint density at radius 1 is 0.280 bits per heavy atom. The highest BCUT2D eigenvalue weighted by molar-refractivity contribution is 5.71. The molecular weight excluding hydrogens is 925 g/mol. The first-order valence-corrected chi connectivity index (χ1v) is 30.0. The number of carbonyl (C=O) groups is 3. The number of rotatable bonds is 52. The van der Waals surface area contributed by atoms with Crippen molar-refractivity contribution in [2.24, 2.45) is 0 Å². The Kier molecular flexibility index (Phi) is 57.5. The van der Waals surface area contributed by atoms with Gasteiger partial charge in [-0.3, -0.25) is 14.4 Å². The molecule has 0 aromatic carbocycles. The first-order valence-electron chi connectivity index (χ1n) is 30.0. The summed E-state index contributed by atoms with van der Waals surface area (Å²) in [6, 6.07) is 0. The van der Waals surface area contributed by atoms with Crippen molar-refractivity contribution in [2.75, 3.05) is 13.2 Å². The van der Waals surface area contributed by atoms with Crippen molar-refractivity contribution in [1.29, 1.82) is 0 Å². The smallest absolute Gasteiger partial charge is 0.306 e. The number of esters is 3. The summed E-state index contributed by atoms with van der Waals surface area (Å²) in [6.07, 6.45) is 89.8. The Balaban J connectivity index is 4.27. The summed E-state index contributed by atoms with van der Waals surface area (Å²) >= 11 is 0. The van der Waals surface area contributed by atoms with Gasteiger partial charge in [-0.25, -0.2) is 0 Å². The molecule has 0 saturated heterocycles. The Morgan fingerprint density at radius 2 is 0.520 bits per heavy atom. The molecule has 0 aromatic heterocycles.